The molecule has 14 heavy (non-hydrogen) atoms. The maximum absolute atomic E-state index is 12.7. The van der Waals surface area contributed by atoms with Crippen molar-refractivity contribution < 1.29 is 13.9 Å². The van der Waals surface area contributed by atoms with Crippen LogP contribution >= 0.6 is 11.6 Å². The molecule has 0 bridgehead atoms. The van der Waals surface area contributed by atoms with Gasteiger partial charge in [-0.25, -0.2) is 8.78 Å². The Balaban J connectivity index is 2.73. The third-order valence-electron chi connectivity index (χ3n) is 1.65. The van der Waals surface area contributed by atoms with Crippen LogP contribution in [0, 0.1) is 11.6 Å². The van der Waals surface area contributed by atoms with Gasteiger partial charge in [0.05, 0.1) is 6.10 Å². The van der Waals surface area contributed by atoms with Crippen LogP contribution in [0.2, 0.25) is 0 Å². The molecule has 0 spiro atoms. The van der Waals surface area contributed by atoms with Crippen molar-refractivity contribution in [3.05, 3.63) is 29.8 Å². The average Bonchev–Trinajstić information content (AvgIpc) is 2.11. The average molecular weight is 222 g/mol. The van der Waals surface area contributed by atoms with Crippen molar-refractivity contribution in [3.8, 4) is 0 Å². The molecule has 0 saturated heterocycles. The first kappa shape index (κ1) is 11.2. The summed E-state index contributed by atoms with van der Waals surface area (Å²) in [5, 5.41) is 11.7. The van der Waals surface area contributed by atoms with Crippen molar-refractivity contribution in [3.63, 3.8) is 0 Å². The highest BCUT2D eigenvalue weighted by atomic mass is 35.5. The summed E-state index contributed by atoms with van der Waals surface area (Å²) in [5.41, 5.74) is -0.412. The molecule has 0 saturated carbocycles. The van der Waals surface area contributed by atoms with Gasteiger partial charge < -0.3 is 10.4 Å². The highest BCUT2D eigenvalue weighted by Gasteiger charge is 2.11. The second-order valence-corrected chi connectivity index (χ2v) is 3.39. The second kappa shape index (κ2) is 4.57. The topological polar surface area (TPSA) is 32.3 Å². The summed E-state index contributed by atoms with van der Waals surface area (Å²) in [7, 11) is 0. The van der Waals surface area contributed by atoms with Crippen molar-refractivity contribution in [2.75, 3.05) is 5.32 Å². The minimum Gasteiger partial charge on any atom is -0.390 e. The number of nitrogens with one attached hydrogen (secondary N) is 1. The van der Waals surface area contributed by atoms with E-state index >= 15 is 0 Å². The van der Waals surface area contributed by atoms with E-state index in [-0.39, 0.29) is 0 Å². The van der Waals surface area contributed by atoms with E-state index in [0.717, 1.165) is 12.1 Å². The Morgan fingerprint density at radius 2 is 2.00 bits per heavy atom. The minimum atomic E-state index is -0.954. The number of hydrogen-bond donors (Lipinski definition) is 2. The molecule has 0 heterocycles. The van der Waals surface area contributed by atoms with Gasteiger partial charge in [-0.1, -0.05) is 11.6 Å². The van der Waals surface area contributed by atoms with Gasteiger partial charge in [0.25, 0.3) is 0 Å². The molecule has 0 aliphatic carbocycles. The van der Waals surface area contributed by atoms with Crippen LogP contribution in [-0.4, -0.2) is 16.7 Å². The maximum atomic E-state index is 12.7. The standard InChI is InChI=1S/C9H10ClF2NO/c1-5(14)9(10)13-6-2-3-7(11)8(12)4-6/h2-5,9,13-14H,1H3. The zero-order chi connectivity index (χ0) is 10.7. The van der Waals surface area contributed by atoms with Gasteiger partial charge in [0.15, 0.2) is 11.6 Å². The van der Waals surface area contributed by atoms with E-state index in [1.165, 1.54) is 13.0 Å². The van der Waals surface area contributed by atoms with Gasteiger partial charge in [0, 0.05) is 11.8 Å². The van der Waals surface area contributed by atoms with Gasteiger partial charge in [-0.05, 0) is 19.1 Å². The molecule has 5 heteroatoms. The quantitative estimate of drug-likeness (QED) is 0.607. The number of benzene rings is 1. The lowest BCUT2D eigenvalue weighted by Gasteiger charge is -2.15. The molecule has 2 N–H and O–H groups in total. The van der Waals surface area contributed by atoms with Crippen LogP contribution < -0.4 is 5.32 Å². The molecule has 1 rings (SSSR count). The summed E-state index contributed by atoms with van der Waals surface area (Å²) in [6.45, 7) is 1.49. The van der Waals surface area contributed by atoms with Gasteiger partial charge in [0.1, 0.15) is 5.50 Å². The normalized spacial score (nSPS) is 14.9. The predicted octanol–water partition coefficient (Wildman–Crippen LogP) is 2.32. The fourth-order valence-corrected chi connectivity index (χ4v) is 0.992. The van der Waals surface area contributed by atoms with E-state index in [4.69, 9.17) is 16.7 Å². The van der Waals surface area contributed by atoms with E-state index in [9.17, 15) is 8.78 Å². The lowest BCUT2D eigenvalue weighted by Crippen LogP contribution is -2.25. The molecule has 0 radical (unpaired) electrons. The number of halogens is 3. The second-order valence-electron chi connectivity index (χ2n) is 2.92. The van der Waals surface area contributed by atoms with Crippen LogP contribution in [0.3, 0.4) is 0 Å². The fraction of sp³-hybridized carbons (Fsp3) is 0.333. The summed E-state index contributed by atoms with van der Waals surface area (Å²) in [6.07, 6.45) is -0.787. The molecule has 0 amide bonds. The van der Waals surface area contributed by atoms with Gasteiger partial charge in [-0.2, -0.15) is 0 Å². The Kier molecular flexibility index (Phi) is 3.66. The first-order valence-electron chi connectivity index (χ1n) is 4.04. The third-order valence-corrected chi connectivity index (χ3v) is 2.12. The van der Waals surface area contributed by atoms with E-state index in [1.54, 1.807) is 0 Å². The van der Waals surface area contributed by atoms with Crippen molar-refractivity contribution >= 4 is 17.3 Å². The molecule has 1 aromatic rings. The maximum Gasteiger partial charge on any atom is 0.160 e. The number of aliphatic hydroxyl groups is 1. The van der Waals surface area contributed by atoms with Crippen molar-refractivity contribution in [1.82, 2.24) is 0 Å². The van der Waals surface area contributed by atoms with Crippen molar-refractivity contribution in [2.45, 2.75) is 18.5 Å². The van der Waals surface area contributed by atoms with E-state index in [1.807, 2.05) is 0 Å². The molecular weight excluding hydrogens is 212 g/mol. The zero-order valence-electron chi connectivity index (χ0n) is 7.47. The van der Waals surface area contributed by atoms with Crippen LogP contribution in [-0.2, 0) is 0 Å². The Morgan fingerprint density at radius 1 is 1.36 bits per heavy atom. The number of anilines is 1. The van der Waals surface area contributed by atoms with Gasteiger partial charge in [-0.15, -0.1) is 0 Å². The summed E-state index contributed by atoms with van der Waals surface area (Å²) in [6, 6.07) is 3.31. The Hall–Kier alpha value is -0.870. The van der Waals surface area contributed by atoms with Crippen molar-refractivity contribution in [2.24, 2.45) is 0 Å². The van der Waals surface area contributed by atoms with Gasteiger partial charge >= 0.3 is 0 Å². The van der Waals surface area contributed by atoms with Crippen LogP contribution in [0.5, 0.6) is 0 Å². The molecule has 2 nitrogen and oxygen atoms in total. The molecular formula is C9H10ClF2NO. The lowest BCUT2D eigenvalue weighted by molar-refractivity contribution is 0.196. The third kappa shape index (κ3) is 2.82. The number of hydrogen-bond acceptors (Lipinski definition) is 2. The smallest absolute Gasteiger partial charge is 0.160 e. The van der Waals surface area contributed by atoms with Gasteiger partial charge in [0.2, 0.25) is 0 Å². The Labute approximate surface area is 85.5 Å². The van der Waals surface area contributed by atoms with E-state index in [0.29, 0.717) is 5.69 Å². The van der Waals surface area contributed by atoms with Crippen LogP contribution in [0.4, 0.5) is 14.5 Å². The summed E-state index contributed by atoms with van der Waals surface area (Å²) in [5.74, 6) is -1.87. The molecule has 0 aliphatic heterocycles. The van der Waals surface area contributed by atoms with Gasteiger partial charge in [-0.3, -0.25) is 0 Å². The molecule has 2 atom stereocenters. The summed E-state index contributed by atoms with van der Waals surface area (Å²) >= 11 is 5.67. The van der Waals surface area contributed by atoms with Crippen LogP contribution in [0.15, 0.2) is 18.2 Å². The first-order valence-corrected chi connectivity index (χ1v) is 4.48. The van der Waals surface area contributed by atoms with Crippen LogP contribution in [0.1, 0.15) is 6.92 Å². The highest BCUT2D eigenvalue weighted by molar-refractivity contribution is 6.22. The molecule has 0 aromatic heterocycles. The first-order chi connectivity index (χ1) is 6.50. The molecule has 0 aliphatic rings. The molecule has 2 unspecified atom stereocenters. The Morgan fingerprint density at radius 3 is 2.50 bits per heavy atom. The van der Waals surface area contributed by atoms with E-state index < -0.39 is 23.2 Å². The summed E-state index contributed by atoms with van der Waals surface area (Å²) < 4.78 is 25.2. The minimum absolute atomic E-state index is 0.324. The lowest BCUT2D eigenvalue weighted by atomic mass is 10.3. The number of aliphatic hydroxyl groups excluding tert-OH is 1. The summed E-state index contributed by atoms with van der Waals surface area (Å²) in [4.78, 5) is 0. The molecule has 1 aromatic carbocycles. The zero-order valence-corrected chi connectivity index (χ0v) is 8.22. The SMILES string of the molecule is CC(O)C(Cl)Nc1ccc(F)c(F)c1. The predicted molar refractivity (Wildman–Crippen MR) is 51.3 cm³/mol. The molecule has 78 valence electrons. The fourth-order valence-electron chi connectivity index (χ4n) is 0.866. The number of alkyl halides is 1. The largest absolute Gasteiger partial charge is 0.390 e. The Bertz CT molecular complexity index is 320. The van der Waals surface area contributed by atoms with E-state index in [2.05, 4.69) is 5.32 Å². The highest BCUT2D eigenvalue weighted by Crippen LogP contribution is 2.15. The molecule has 0 fully saturated rings. The van der Waals surface area contributed by atoms with Crippen LogP contribution in [0.25, 0.3) is 0 Å². The monoisotopic (exact) mass is 221 g/mol. The van der Waals surface area contributed by atoms with Crippen molar-refractivity contribution in [1.29, 1.82) is 0 Å². The number of rotatable bonds is 3.